The van der Waals surface area contributed by atoms with Crippen LogP contribution in [0.25, 0.3) is 5.69 Å². The number of fused-ring (bicyclic) bond motifs is 1. The normalized spacial score (nSPS) is 20.1. The molecule has 5 nitrogen and oxygen atoms in total. The number of amides is 1. The van der Waals surface area contributed by atoms with Crippen molar-refractivity contribution in [2.45, 2.75) is 70.5 Å². The first-order chi connectivity index (χ1) is 15.7. The summed E-state index contributed by atoms with van der Waals surface area (Å²) in [4.78, 5) is 24.7. The van der Waals surface area contributed by atoms with E-state index in [1.807, 2.05) is 13.8 Å². The summed E-state index contributed by atoms with van der Waals surface area (Å²) in [7, 11) is 0. The molecule has 184 valence electrons. The maximum atomic E-state index is 13.8. The van der Waals surface area contributed by atoms with Gasteiger partial charge in [-0.15, -0.1) is 0 Å². The van der Waals surface area contributed by atoms with Crippen molar-refractivity contribution < 1.29 is 31.5 Å². The van der Waals surface area contributed by atoms with Crippen LogP contribution in [0.2, 0.25) is 0 Å². The van der Waals surface area contributed by atoms with E-state index in [1.54, 1.807) is 0 Å². The van der Waals surface area contributed by atoms with Gasteiger partial charge in [0.05, 0.1) is 16.7 Å². The topological polar surface area (TPSA) is 77.1 Å². The minimum Gasteiger partial charge on any atom is -0.382 e. The largest absolute Gasteiger partial charge is 0.418 e. The number of Topliss-reactive ketones (excluding diaryl/α,β-unsaturated/α-hetero) is 1. The van der Waals surface area contributed by atoms with Gasteiger partial charge in [-0.25, -0.2) is 8.78 Å². The average Bonchev–Trinajstić information content (AvgIpc) is 3.08. The lowest BCUT2D eigenvalue weighted by molar-refractivity contribution is -0.137. The molecule has 1 amide bonds. The molecule has 0 radical (unpaired) electrons. The fraction of sp³-hybridized carbons (Fsp3) is 0.500. The molecule has 0 aliphatic heterocycles. The minimum atomic E-state index is -4.71. The Kier molecular flexibility index (Phi) is 5.77. The van der Waals surface area contributed by atoms with Crippen molar-refractivity contribution in [3.8, 4) is 5.69 Å². The monoisotopic (exact) mass is 483 g/mol. The Morgan fingerprint density at radius 3 is 2.38 bits per heavy atom. The standard InChI is InChI=1S/C24H26F5N3O2/c1-22(2)10-18-20(19(33)11-22)16(24(27,28)29)12-32(18)14-3-4-15(21(30)34)17(9-14)31-13-5-7-23(25,26)8-6-13/h3-4,9,12-13,31H,5-8,10-11H2,1-2H3,(H2,30,34). The van der Waals surface area contributed by atoms with Crippen molar-refractivity contribution in [3.05, 3.63) is 46.8 Å². The van der Waals surface area contributed by atoms with Gasteiger partial charge in [0, 0.05) is 48.6 Å². The van der Waals surface area contributed by atoms with Gasteiger partial charge in [-0.2, -0.15) is 13.2 Å². The SMILES string of the molecule is CC1(C)CC(=O)c2c(C(F)(F)F)cn(-c3ccc(C(N)=O)c(NC4CCC(F)(F)CC4)c3)c2C1. The van der Waals surface area contributed by atoms with E-state index in [-0.39, 0.29) is 67.1 Å². The number of carbonyl (C=O) groups is 2. The van der Waals surface area contributed by atoms with Gasteiger partial charge in [-0.3, -0.25) is 9.59 Å². The van der Waals surface area contributed by atoms with Gasteiger partial charge in [-0.05, 0) is 42.9 Å². The molecule has 2 aromatic rings. The molecule has 1 fully saturated rings. The lowest BCUT2D eigenvalue weighted by Crippen LogP contribution is -2.32. The Labute approximate surface area is 193 Å². The molecule has 34 heavy (non-hydrogen) atoms. The number of aromatic nitrogens is 1. The third-order valence-corrected chi connectivity index (χ3v) is 6.60. The molecule has 0 saturated heterocycles. The van der Waals surface area contributed by atoms with Crippen molar-refractivity contribution >= 4 is 17.4 Å². The molecule has 1 aromatic carbocycles. The van der Waals surface area contributed by atoms with Crippen molar-refractivity contribution in [2.75, 3.05) is 5.32 Å². The molecule has 1 aromatic heterocycles. The smallest absolute Gasteiger partial charge is 0.382 e. The Hall–Kier alpha value is -2.91. The molecule has 0 spiro atoms. The third kappa shape index (κ3) is 4.67. The van der Waals surface area contributed by atoms with E-state index in [0.29, 0.717) is 5.69 Å². The zero-order valence-electron chi connectivity index (χ0n) is 18.9. The second-order valence-corrected chi connectivity index (χ2v) is 10.0. The van der Waals surface area contributed by atoms with Crippen LogP contribution in [0.4, 0.5) is 27.6 Å². The molecule has 0 bridgehead atoms. The van der Waals surface area contributed by atoms with E-state index in [0.717, 1.165) is 6.20 Å². The first kappa shape index (κ1) is 24.2. The summed E-state index contributed by atoms with van der Waals surface area (Å²) in [6, 6.07) is 4.01. The zero-order valence-corrected chi connectivity index (χ0v) is 18.9. The van der Waals surface area contributed by atoms with E-state index >= 15 is 0 Å². The maximum Gasteiger partial charge on any atom is 0.418 e. The van der Waals surface area contributed by atoms with Crippen molar-refractivity contribution in [1.29, 1.82) is 0 Å². The predicted molar refractivity (Wildman–Crippen MR) is 117 cm³/mol. The molecule has 2 aliphatic rings. The highest BCUT2D eigenvalue weighted by molar-refractivity contribution is 6.01. The second-order valence-electron chi connectivity index (χ2n) is 10.0. The molecule has 3 N–H and O–H groups in total. The molecule has 1 saturated carbocycles. The van der Waals surface area contributed by atoms with E-state index < -0.39 is 34.8 Å². The fourth-order valence-electron chi connectivity index (χ4n) is 4.94. The fourth-order valence-corrected chi connectivity index (χ4v) is 4.94. The van der Waals surface area contributed by atoms with Gasteiger partial charge >= 0.3 is 6.18 Å². The van der Waals surface area contributed by atoms with Crippen molar-refractivity contribution in [3.63, 3.8) is 0 Å². The van der Waals surface area contributed by atoms with E-state index in [4.69, 9.17) is 5.73 Å². The number of carbonyl (C=O) groups excluding carboxylic acids is 2. The number of benzene rings is 1. The van der Waals surface area contributed by atoms with Crippen LogP contribution in [0, 0.1) is 5.41 Å². The van der Waals surface area contributed by atoms with Gasteiger partial charge in [0.25, 0.3) is 5.91 Å². The van der Waals surface area contributed by atoms with Crippen LogP contribution >= 0.6 is 0 Å². The second kappa shape index (κ2) is 8.09. The number of ketones is 1. The number of alkyl halides is 5. The van der Waals surface area contributed by atoms with Gasteiger partial charge in [0.1, 0.15) is 0 Å². The number of nitrogens with one attached hydrogen (secondary N) is 1. The predicted octanol–water partition coefficient (Wildman–Crippen LogP) is 5.74. The number of halogens is 5. The van der Waals surface area contributed by atoms with Crippen LogP contribution in [-0.4, -0.2) is 28.2 Å². The van der Waals surface area contributed by atoms with Gasteiger partial charge in [-0.1, -0.05) is 13.8 Å². The number of primary amides is 1. The summed E-state index contributed by atoms with van der Waals surface area (Å²) in [5.41, 5.74) is 4.57. The molecule has 1 heterocycles. The van der Waals surface area contributed by atoms with Crippen molar-refractivity contribution in [1.82, 2.24) is 4.57 Å². The highest BCUT2D eigenvalue weighted by atomic mass is 19.4. The summed E-state index contributed by atoms with van der Waals surface area (Å²) in [6.45, 7) is 3.64. The van der Waals surface area contributed by atoms with Crippen LogP contribution in [0.15, 0.2) is 24.4 Å². The Morgan fingerprint density at radius 1 is 1.15 bits per heavy atom. The zero-order chi connectivity index (χ0) is 25.1. The van der Waals surface area contributed by atoms with Crippen LogP contribution in [0.3, 0.4) is 0 Å². The Bertz CT molecular complexity index is 1140. The van der Waals surface area contributed by atoms with Crippen LogP contribution < -0.4 is 11.1 Å². The molecule has 0 unspecified atom stereocenters. The number of nitrogens with zero attached hydrogens (tertiary/aromatic N) is 1. The van der Waals surface area contributed by atoms with Gasteiger partial charge in [0.15, 0.2) is 5.78 Å². The van der Waals surface area contributed by atoms with Crippen molar-refractivity contribution in [2.24, 2.45) is 11.1 Å². The number of anilines is 1. The molecule has 4 rings (SSSR count). The average molecular weight is 483 g/mol. The highest BCUT2D eigenvalue weighted by Gasteiger charge is 2.43. The first-order valence-corrected chi connectivity index (χ1v) is 11.1. The van der Waals surface area contributed by atoms with Crippen LogP contribution in [0.1, 0.15) is 77.9 Å². The molecular weight excluding hydrogens is 457 g/mol. The Balaban J connectivity index is 1.79. The number of nitrogens with two attached hydrogens (primary N) is 1. The number of hydrogen-bond acceptors (Lipinski definition) is 3. The van der Waals surface area contributed by atoms with E-state index in [9.17, 15) is 31.5 Å². The lowest BCUT2D eigenvalue weighted by atomic mass is 9.75. The number of hydrogen-bond donors (Lipinski definition) is 2. The third-order valence-electron chi connectivity index (χ3n) is 6.60. The summed E-state index contributed by atoms with van der Waals surface area (Å²) in [5.74, 6) is -4.05. The first-order valence-electron chi connectivity index (χ1n) is 11.1. The number of rotatable bonds is 4. The lowest BCUT2D eigenvalue weighted by Gasteiger charge is -2.31. The summed E-state index contributed by atoms with van der Waals surface area (Å²) in [6.07, 6.45) is -3.79. The highest BCUT2D eigenvalue weighted by Crippen LogP contribution is 2.43. The van der Waals surface area contributed by atoms with Crippen LogP contribution in [0.5, 0.6) is 0 Å². The summed E-state index contributed by atoms with van der Waals surface area (Å²) >= 11 is 0. The molecular formula is C24H26F5N3O2. The van der Waals surface area contributed by atoms with Gasteiger partial charge in [0.2, 0.25) is 5.92 Å². The maximum absolute atomic E-state index is 13.8. The molecule has 2 aliphatic carbocycles. The Morgan fingerprint density at radius 2 is 1.79 bits per heavy atom. The van der Waals surface area contributed by atoms with Gasteiger partial charge < -0.3 is 15.6 Å². The summed E-state index contributed by atoms with van der Waals surface area (Å²) < 4.78 is 69.8. The van der Waals surface area contributed by atoms with E-state index in [2.05, 4.69) is 5.32 Å². The quantitative estimate of drug-likeness (QED) is 0.545. The molecule has 10 heteroatoms. The van der Waals surface area contributed by atoms with Crippen LogP contribution in [-0.2, 0) is 12.6 Å². The van der Waals surface area contributed by atoms with E-state index in [1.165, 1.54) is 22.8 Å². The molecule has 0 atom stereocenters. The summed E-state index contributed by atoms with van der Waals surface area (Å²) in [5, 5.41) is 3.08. The minimum absolute atomic E-state index is 0.00677.